The van der Waals surface area contributed by atoms with Crippen molar-refractivity contribution in [3.8, 4) is 0 Å². The molecule has 2 aliphatic rings. The fraction of sp³-hybridized carbons (Fsp3) is 1.00. The molecule has 3 N–H and O–H groups in total. The van der Waals surface area contributed by atoms with Crippen molar-refractivity contribution in [3.63, 3.8) is 0 Å². The molecule has 3 heteroatoms. The summed E-state index contributed by atoms with van der Waals surface area (Å²) in [6.45, 7) is 4.95. The van der Waals surface area contributed by atoms with Crippen LogP contribution in [0.1, 0.15) is 58.3 Å². The van der Waals surface area contributed by atoms with Gasteiger partial charge in [0.05, 0.1) is 5.60 Å². The van der Waals surface area contributed by atoms with Crippen molar-refractivity contribution >= 4 is 0 Å². The van der Waals surface area contributed by atoms with Crippen LogP contribution in [-0.4, -0.2) is 42.3 Å². The Morgan fingerprint density at radius 3 is 2.21 bits per heavy atom. The number of hydrogen-bond acceptors (Lipinski definition) is 3. The summed E-state index contributed by atoms with van der Waals surface area (Å²) in [4.78, 5) is 2.32. The number of nitrogens with zero attached hydrogens (tertiary/aromatic N) is 1. The highest BCUT2D eigenvalue weighted by molar-refractivity contribution is 5.04. The highest BCUT2D eigenvalue weighted by atomic mass is 16.3. The van der Waals surface area contributed by atoms with Gasteiger partial charge >= 0.3 is 0 Å². The third-order valence-corrected chi connectivity index (χ3v) is 5.95. The van der Waals surface area contributed by atoms with Crippen LogP contribution in [0.25, 0.3) is 0 Å². The van der Waals surface area contributed by atoms with Crippen LogP contribution in [0.15, 0.2) is 0 Å². The molecule has 3 nitrogen and oxygen atoms in total. The first-order valence-electron chi connectivity index (χ1n) is 8.16. The normalized spacial score (nSPS) is 36.3. The molecule has 19 heavy (non-hydrogen) atoms. The van der Waals surface area contributed by atoms with E-state index in [0.29, 0.717) is 6.54 Å². The van der Waals surface area contributed by atoms with Gasteiger partial charge in [-0.05, 0) is 51.5 Å². The summed E-state index contributed by atoms with van der Waals surface area (Å²) < 4.78 is 0. The summed E-state index contributed by atoms with van der Waals surface area (Å²) in [6, 6.07) is 0. The quantitative estimate of drug-likeness (QED) is 0.823. The molecule has 0 atom stereocenters. The molecule has 0 bridgehead atoms. The first kappa shape index (κ1) is 15.3. The number of piperidine rings is 1. The fourth-order valence-electron chi connectivity index (χ4n) is 4.31. The van der Waals surface area contributed by atoms with Crippen LogP contribution < -0.4 is 5.73 Å². The van der Waals surface area contributed by atoms with Crippen molar-refractivity contribution in [1.82, 2.24) is 4.90 Å². The van der Waals surface area contributed by atoms with Gasteiger partial charge in [0, 0.05) is 25.0 Å². The monoisotopic (exact) mass is 268 g/mol. The van der Waals surface area contributed by atoms with E-state index in [-0.39, 0.29) is 5.41 Å². The van der Waals surface area contributed by atoms with E-state index in [4.69, 9.17) is 5.73 Å². The predicted octanol–water partition coefficient (Wildman–Crippen LogP) is 2.38. The molecule has 2 fully saturated rings. The Labute approximate surface area is 118 Å². The second-order valence-electron chi connectivity index (χ2n) is 7.05. The van der Waals surface area contributed by atoms with Gasteiger partial charge in [-0.3, -0.25) is 0 Å². The molecule has 1 heterocycles. The SMILES string of the molecule is CCCC1CCC(CN)(C2(O)CCN(C)CC2)CC1. The second kappa shape index (κ2) is 6.11. The highest BCUT2D eigenvalue weighted by Crippen LogP contribution is 2.50. The molecule has 0 radical (unpaired) electrons. The maximum absolute atomic E-state index is 11.2. The number of nitrogens with two attached hydrogens (primary N) is 1. The fourth-order valence-corrected chi connectivity index (χ4v) is 4.31. The largest absolute Gasteiger partial charge is 0.389 e. The average molecular weight is 268 g/mol. The molecule has 1 aliphatic heterocycles. The van der Waals surface area contributed by atoms with E-state index in [1.165, 1.54) is 25.7 Å². The lowest BCUT2D eigenvalue weighted by atomic mass is 9.58. The summed E-state index contributed by atoms with van der Waals surface area (Å²) in [7, 11) is 2.15. The molecular weight excluding hydrogens is 236 g/mol. The maximum Gasteiger partial charge on any atom is 0.0740 e. The van der Waals surface area contributed by atoms with Crippen LogP contribution in [-0.2, 0) is 0 Å². The zero-order valence-corrected chi connectivity index (χ0v) is 12.8. The van der Waals surface area contributed by atoms with Crippen molar-refractivity contribution in [2.24, 2.45) is 17.1 Å². The van der Waals surface area contributed by atoms with Crippen molar-refractivity contribution in [1.29, 1.82) is 0 Å². The Kier molecular flexibility index (Phi) is 4.91. The first-order chi connectivity index (χ1) is 9.05. The minimum atomic E-state index is -0.508. The molecule has 0 aromatic rings. The molecule has 1 saturated heterocycles. The van der Waals surface area contributed by atoms with Crippen molar-refractivity contribution in [3.05, 3.63) is 0 Å². The zero-order valence-electron chi connectivity index (χ0n) is 12.8. The Hall–Kier alpha value is -0.120. The Balaban J connectivity index is 2.03. The molecule has 0 aromatic carbocycles. The molecule has 0 unspecified atom stereocenters. The lowest BCUT2D eigenvalue weighted by molar-refractivity contribution is -0.134. The van der Waals surface area contributed by atoms with E-state index in [0.717, 1.165) is 44.7 Å². The molecule has 1 aliphatic carbocycles. The summed E-state index contributed by atoms with van der Waals surface area (Å²) in [5.74, 6) is 0.875. The minimum absolute atomic E-state index is 0.00149. The van der Waals surface area contributed by atoms with E-state index in [1.807, 2.05) is 0 Å². The third kappa shape index (κ3) is 2.98. The van der Waals surface area contributed by atoms with Crippen LogP contribution >= 0.6 is 0 Å². The van der Waals surface area contributed by atoms with Gasteiger partial charge in [0.2, 0.25) is 0 Å². The van der Waals surface area contributed by atoms with Gasteiger partial charge in [0.1, 0.15) is 0 Å². The zero-order chi connectivity index (χ0) is 13.9. The predicted molar refractivity (Wildman–Crippen MR) is 80.0 cm³/mol. The summed E-state index contributed by atoms with van der Waals surface area (Å²) in [6.07, 6.45) is 9.24. The first-order valence-corrected chi connectivity index (χ1v) is 8.16. The second-order valence-corrected chi connectivity index (χ2v) is 7.05. The number of likely N-dealkylation sites (tertiary alicyclic amines) is 1. The van der Waals surface area contributed by atoms with Gasteiger partial charge in [0.25, 0.3) is 0 Å². The van der Waals surface area contributed by atoms with E-state index in [2.05, 4.69) is 18.9 Å². The lowest BCUT2D eigenvalue weighted by Crippen LogP contribution is -2.58. The van der Waals surface area contributed by atoms with Crippen molar-refractivity contribution in [2.45, 2.75) is 63.9 Å². The Bertz CT molecular complexity index is 276. The number of rotatable bonds is 4. The smallest absolute Gasteiger partial charge is 0.0740 e. The number of aliphatic hydroxyl groups is 1. The van der Waals surface area contributed by atoms with E-state index in [1.54, 1.807) is 0 Å². The van der Waals surface area contributed by atoms with Crippen LogP contribution in [0.4, 0.5) is 0 Å². The topological polar surface area (TPSA) is 49.5 Å². The van der Waals surface area contributed by atoms with E-state index < -0.39 is 5.60 Å². The van der Waals surface area contributed by atoms with Gasteiger partial charge in [-0.25, -0.2) is 0 Å². The van der Waals surface area contributed by atoms with Gasteiger partial charge in [0.15, 0.2) is 0 Å². The van der Waals surface area contributed by atoms with Gasteiger partial charge in [-0.15, -0.1) is 0 Å². The van der Waals surface area contributed by atoms with Crippen molar-refractivity contribution in [2.75, 3.05) is 26.7 Å². The molecular formula is C16H32N2O. The lowest BCUT2D eigenvalue weighted by Gasteiger charge is -2.53. The molecule has 0 aromatic heterocycles. The minimum Gasteiger partial charge on any atom is -0.389 e. The van der Waals surface area contributed by atoms with Crippen LogP contribution in [0, 0.1) is 11.3 Å². The highest BCUT2D eigenvalue weighted by Gasteiger charge is 2.51. The molecule has 1 saturated carbocycles. The van der Waals surface area contributed by atoms with E-state index in [9.17, 15) is 5.11 Å². The number of hydrogen-bond donors (Lipinski definition) is 2. The van der Waals surface area contributed by atoms with Gasteiger partial charge in [-0.2, -0.15) is 0 Å². The van der Waals surface area contributed by atoms with Gasteiger partial charge < -0.3 is 15.7 Å². The molecule has 2 rings (SSSR count). The third-order valence-electron chi connectivity index (χ3n) is 5.95. The molecule has 0 amide bonds. The van der Waals surface area contributed by atoms with Crippen LogP contribution in [0.5, 0.6) is 0 Å². The van der Waals surface area contributed by atoms with Gasteiger partial charge in [-0.1, -0.05) is 19.8 Å². The molecule has 112 valence electrons. The Morgan fingerprint density at radius 2 is 1.74 bits per heavy atom. The Morgan fingerprint density at radius 1 is 1.16 bits per heavy atom. The van der Waals surface area contributed by atoms with Crippen molar-refractivity contribution < 1.29 is 5.11 Å². The standard InChI is InChI=1S/C16H32N2O/c1-3-4-14-5-7-15(13-17,8-6-14)16(19)9-11-18(2)12-10-16/h14,19H,3-13,17H2,1-2H3. The summed E-state index contributed by atoms with van der Waals surface area (Å²) in [5, 5.41) is 11.2. The average Bonchev–Trinajstić information content (AvgIpc) is 2.43. The summed E-state index contributed by atoms with van der Waals surface area (Å²) in [5.41, 5.74) is 5.62. The van der Waals surface area contributed by atoms with Crippen LogP contribution in [0.2, 0.25) is 0 Å². The molecule has 0 spiro atoms. The maximum atomic E-state index is 11.2. The van der Waals surface area contributed by atoms with E-state index >= 15 is 0 Å². The van der Waals surface area contributed by atoms with Crippen LogP contribution in [0.3, 0.4) is 0 Å². The summed E-state index contributed by atoms with van der Waals surface area (Å²) >= 11 is 0.